The Labute approximate surface area is 194 Å². The zero-order valence-electron chi connectivity index (χ0n) is 19.3. The van der Waals surface area contributed by atoms with Gasteiger partial charge < -0.3 is 14.8 Å². The summed E-state index contributed by atoms with van der Waals surface area (Å²) in [5, 5.41) is 17.3. The van der Waals surface area contributed by atoms with E-state index in [1.165, 1.54) is 16.3 Å². The molecule has 0 radical (unpaired) electrons. The van der Waals surface area contributed by atoms with Gasteiger partial charge in [0.15, 0.2) is 5.82 Å². The first-order valence-corrected chi connectivity index (χ1v) is 11.5. The number of ether oxygens (including phenoxy) is 2. The van der Waals surface area contributed by atoms with E-state index in [0.29, 0.717) is 12.6 Å². The fraction of sp³-hybridized carbons (Fsp3) is 0.333. The number of anilines is 1. The van der Waals surface area contributed by atoms with Gasteiger partial charge in [-0.3, -0.25) is 4.90 Å². The number of hydrogen-bond acceptors (Lipinski definition) is 6. The monoisotopic (exact) mass is 442 g/mol. The van der Waals surface area contributed by atoms with E-state index >= 15 is 0 Å². The molecule has 1 N–H and O–H groups in total. The van der Waals surface area contributed by atoms with Crippen molar-refractivity contribution < 1.29 is 9.47 Å². The van der Waals surface area contributed by atoms with E-state index in [4.69, 9.17) is 9.47 Å². The molecule has 5 rings (SSSR count). The lowest BCUT2D eigenvalue weighted by Crippen LogP contribution is -2.38. The molecule has 170 valence electrons. The maximum absolute atomic E-state index is 5.45. The van der Waals surface area contributed by atoms with Crippen LogP contribution in [0.25, 0.3) is 21.5 Å². The maximum atomic E-state index is 5.45. The highest BCUT2D eigenvalue weighted by Gasteiger charge is 2.21. The standard InChI is InChI=1S/C27H30N4O2/c1-32-18-26-24-10-9-23(33-2)16-25(24)27(30-29-26)28-22-11-13-31(14-12-22)17-19-7-8-20-5-3-4-6-21(20)15-19/h3-10,15-16,22H,11-14,17-18H2,1-2H3,(H,28,30). The average molecular weight is 443 g/mol. The Bertz CT molecular complexity index is 1250. The third kappa shape index (κ3) is 4.77. The first kappa shape index (κ1) is 21.6. The van der Waals surface area contributed by atoms with Gasteiger partial charge in [0.05, 0.1) is 19.4 Å². The summed E-state index contributed by atoms with van der Waals surface area (Å²) in [4.78, 5) is 2.54. The Morgan fingerprint density at radius 3 is 2.52 bits per heavy atom. The highest BCUT2D eigenvalue weighted by Crippen LogP contribution is 2.29. The number of benzene rings is 3. The van der Waals surface area contributed by atoms with Crippen molar-refractivity contribution in [1.82, 2.24) is 15.1 Å². The third-order valence-electron chi connectivity index (χ3n) is 6.49. The predicted octanol–water partition coefficient (Wildman–Crippen LogP) is 5.01. The zero-order valence-corrected chi connectivity index (χ0v) is 19.3. The van der Waals surface area contributed by atoms with Gasteiger partial charge in [0, 0.05) is 43.6 Å². The number of hydrogen-bond donors (Lipinski definition) is 1. The minimum atomic E-state index is 0.370. The quantitative estimate of drug-likeness (QED) is 0.434. The largest absolute Gasteiger partial charge is 0.497 e. The summed E-state index contributed by atoms with van der Waals surface area (Å²) >= 11 is 0. The Morgan fingerprint density at radius 1 is 0.909 bits per heavy atom. The second-order valence-electron chi connectivity index (χ2n) is 8.72. The van der Waals surface area contributed by atoms with Gasteiger partial charge in [0.25, 0.3) is 0 Å². The maximum Gasteiger partial charge on any atom is 0.156 e. The molecule has 33 heavy (non-hydrogen) atoms. The lowest BCUT2D eigenvalue weighted by molar-refractivity contribution is 0.182. The molecule has 4 aromatic rings. The summed E-state index contributed by atoms with van der Waals surface area (Å²) in [6, 6.07) is 21.7. The molecule has 1 saturated heterocycles. The molecule has 1 aliphatic heterocycles. The van der Waals surface area contributed by atoms with Crippen molar-refractivity contribution in [1.29, 1.82) is 0 Å². The number of nitrogens with zero attached hydrogens (tertiary/aromatic N) is 3. The molecule has 2 heterocycles. The SMILES string of the molecule is COCc1nnc(NC2CCN(Cc3ccc4ccccc4c3)CC2)c2cc(OC)ccc12. The van der Waals surface area contributed by atoms with Crippen molar-refractivity contribution in [3.8, 4) is 5.75 Å². The van der Waals surface area contributed by atoms with Gasteiger partial charge in [-0.1, -0.05) is 36.4 Å². The number of likely N-dealkylation sites (tertiary alicyclic amines) is 1. The van der Waals surface area contributed by atoms with Crippen LogP contribution in [0.5, 0.6) is 5.75 Å². The van der Waals surface area contributed by atoms with Crippen LogP contribution in [0.3, 0.4) is 0 Å². The fourth-order valence-corrected chi connectivity index (χ4v) is 4.69. The average Bonchev–Trinajstić information content (AvgIpc) is 2.86. The second-order valence-corrected chi connectivity index (χ2v) is 8.72. The van der Waals surface area contributed by atoms with Gasteiger partial charge in [0.2, 0.25) is 0 Å². The molecule has 0 aliphatic carbocycles. The molecule has 0 spiro atoms. The second kappa shape index (κ2) is 9.73. The van der Waals surface area contributed by atoms with Crippen LogP contribution in [0, 0.1) is 0 Å². The summed E-state index contributed by atoms with van der Waals surface area (Å²) in [5.41, 5.74) is 2.21. The van der Waals surface area contributed by atoms with Crippen molar-refractivity contribution in [2.75, 3.05) is 32.6 Å². The molecule has 0 bridgehead atoms. The molecule has 0 amide bonds. The molecule has 0 unspecified atom stereocenters. The van der Waals surface area contributed by atoms with Gasteiger partial charge in [0.1, 0.15) is 5.75 Å². The van der Waals surface area contributed by atoms with Crippen molar-refractivity contribution in [3.05, 3.63) is 71.9 Å². The van der Waals surface area contributed by atoms with Crippen LogP contribution in [-0.4, -0.2) is 48.4 Å². The minimum absolute atomic E-state index is 0.370. The molecule has 1 aromatic heterocycles. The lowest BCUT2D eigenvalue weighted by Gasteiger charge is -2.32. The van der Waals surface area contributed by atoms with E-state index in [9.17, 15) is 0 Å². The first-order chi connectivity index (χ1) is 16.2. The Kier molecular flexibility index (Phi) is 6.37. The smallest absolute Gasteiger partial charge is 0.156 e. The van der Waals surface area contributed by atoms with E-state index in [-0.39, 0.29) is 0 Å². The molecule has 0 saturated carbocycles. The number of rotatable bonds is 7. The number of piperidine rings is 1. The van der Waals surface area contributed by atoms with Crippen molar-refractivity contribution in [2.24, 2.45) is 0 Å². The number of methoxy groups -OCH3 is 2. The van der Waals surface area contributed by atoms with E-state index in [1.807, 2.05) is 18.2 Å². The van der Waals surface area contributed by atoms with E-state index in [2.05, 4.69) is 62.9 Å². The van der Waals surface area contributed by atoms with Crippen molar-refractivity contribution in [3.63, 3.8) is 0 Å². The minimum Gasteiger partial charge on any atom is -0.497 e. The van der Waals surface area contributed by atoms with Crippen LogP contribution in [0.15, 0.2) is 60.7 Å². The van der Waals surface area contributed by atoms with Crippen LogP contribution in [-0.2, 0) is 17.9 Å². The number of fused-ring (bicyclic) bond motifs is 2. The molecule has 3 aromatic carbocycles. The van der Waals surface area contributed by atoms with Crippen molar-refractivity contribution >= 4 is 27.4 Å². The normalized spacial score (nSPS) is 15.2. The van der Waals surface area contributed by atoms with Crippen LogP contribution in [0.2, 0.25) is 0 Å². The molecule has 1 aliphatic rings. The van der Waals surface area contributed by atoms with Gasteiger partial charge in [-0.15, -0.1) is 5.10 Å². The summed E-state index contributed by atoms with van der Waals surface area (Å²) < 4.78 is 10.8. The zero-order chi connectivity index (χ0) is 22.6. The Balaban J connectivity index is 1.26. The summed E-state index contributed by atoms with van der Waals surface area (Å²) in [5.74, 6) is 1.63. The molecule has 0 atom stereocenters. The van der Waals surface area contributed by atoms with Crippen LogP contribution in [0.1, 0.15) is 24.1 Å². The third-order valence-corrected chi connectivity index (χ3v) is 6.49. The number of nitrogens with one attached hydrogen (secondary N) is 1. The van der Waals surface area contributed by atoms with E-state index in [1.54, 1.807) is 14.2 Å². The highest BCUT2D eigenvalue weighted by molar-refractivity contribution is 5.94. The number of aromatic nitrogens is 2. The lowest BCUT2D eigenvalue weighted by atomic mass is 10.0. The van der Waals surface area contributed by atoms with Crippen molar-refractivity contribution in [2.45, 2.75) is 32.0 Å². The summed E-state index contributed by atoms with van der Waals surface area (Å²) in [7, 11) is 3.36. The van der Waals surface area contributed by atoms with Crippen LogP contribution >= 0.6 is 0 Å². The van der Waals surface area contributed by atoms with Gasteiger partial charge >= 0.3 is 0 Å². The van der Waals surface area contributed by atoms with Crippen LogP contribution < -0.4 is 10.1 Å². The van der Waals surface area contributed by atoms with Gasteiger partial charge in [-0.25, -0.2) is 0 Å². The Morgan fingerprint density at radius 2 is 1.73 bits per heavy atom. The molecule has 6 heteroatoms. The van der Waals surface area contributed by atoms with E-state index in [0.717, 1.165) is 60.5 Å². The van der Waals surface area contributed by atoms with Gasteiger partial charge in [-0.2, -0.15) is 5.10 Å². The van der Waals surface area contributed by atoms with Gasteiger partial charge in [-0.05, 0) is 53.4 Å². The first-order valence-electron chi connectivity index (χ1n) is 11.5. The topological polar surface area (TPSA) is 59.5 Å². The molecular weight excluding hydrogens is 412 g/mol. The Hall–Kier alpha value is -3.22. The summed E-state index contributed by atoms with van der Waals surface area (Å²) in [6.45, 7) is 3.54. The predicted molar refractivity (Wildman–Crippen MR) is 133 cm³/mol. The molecule has 6 nitrogen and oxygen atoms in total. The highest BCUT2D eigenvalue weighted by atomic mass is 16.5. The fourth-order valence-electron chi connectivity index (χ4n) is 4.69. The van der Waals surface area contributed by atoms with E-state index < -0.39 is 0 Å². The summed E-state index contributed by atoms with van der Waals surface area (Å²) in [6.07, 6.45) is 2.14. The van der Waals surface area contributed by atoms with Crippen LogP contribution in [0.4, 0.5) is 5.82 Å². The molecule has 1 fully saturated rings. The molecular formula is C27H30N4O2.